The molecule has 0 amide bonds. The van der Waals surface area contributed by atoms with Gasteiger partial charge in [-0.2, -0.15) is 0 Å². The summed E-state index contributed by atoms with van der Waals surface area (Å²) in [6.45, 7) is 6.06. The first-order valence-electron chi connectivity index (χ1n) is 3.61. The van der Waals surface area contributed by atoms with E-state index in [2.05, 4.69) is 6.92 Å². The second-order valence-corrected chi connectivity index (χ2v) is 2.84. The third kappa shape index (κ3) is 1.48. The lowest BCUT2D eigenvalue weighted by Gasteiger charge is -2.03. The first-order chi connectivity index (χ1) is 5.15. The third-order valence-corrected chi connectivity index (χ3v) is 2.04. The monoisotopic (exact) mass is 147 g/mol. The number of carbonyl (C=O) groups excluding carboxylic acids is 1. The zero-order valence-corrected chi connectivity index (χ0v) is 7.06. The van der Waals surface area contributed by atoms with Crippen LogP contribution in [0.4, 0.5) is 0 Å². The van der Waals surface area contributed by atoms with E-state index in [4.69, 9.17) is 0 Å². The van der Waals surface area contributed by atoms with Crippen molar-refractivity contribution in [1.82, 2.24) is 0 Å². The van der Waals surface area contributed by atoms with Crippen LogP contribution in [0.1, 0.15) is 22.3 Å². The van der Waals surface area contributed by atoms with Gasteiger partial charge in [0.05, 0.1) is 0 Å². The highest BCUT2D eigenvalue weighted by Gasteiger charge is 1.99. The summed E-state index contributed by atoms with van der Waals surface area (Å²) >= 11 is 0. The fourth-order valence-corrected chi connectivity index (χ4v) is 1.09. The van der Waals surface area contributed by atoms with Gasteiger partial charge in [0.1, 0.15) is 0 Å². The molecule has 0 aliphatic heterocycles. The summed E-state index contributed by atoms with van der Waals surface area (Å²) in [7, 11) is 0. The molecule has 1 radical (unpaired) electrons. The number of hydrogen-bond acceptors (Lipinski definition) is 1. The zero-order valence-electron chi connectivity index (χ0n) is 7.06. The Morgan fingerprint density at radius 3 is 1.91 bits per heavy atom. The van der Waals surface area contributed by atoms with Crippen LogP contribution in [-0.2, 0) is 4.79 Å². The molecule has 0 bridgehead atoms. The lowest BCUT2D eigenvalue weighted by Crippen LogP contribution is -1.90. The van der Waals surface area contributed by atoms with Gasteiger partial charge in [-0.3, -0.25) is 4.79 Å². The predicted molar refractivity (Wildman–Crippen MR) is 45.4 cm³/mol. The van der Waals surface area contributed by atoms with Gasteiger partial charge in [-0.05, 0) is 49.6 Å². The molecule has 0 fully saturated rings. The third-order valence-electron chi connectivity index (χ3n) is 2.04. The van der Waals surface area contributed by atoms with Gasteiger partial charge >= 0.3 is 0 Å². The Bertz CT molecular complexity index is 264. The Balaban J connectivity index is 3.31. The van der Waals surface area contributed by atoms with E-state index in [9.17, 15) is 4.79 Å². The summed E-state index contributed by atoms with van der Waals surface area (Å²) < 4.78 is 0. The van der Waals surface area contributed by atoms with Gasteiger partial charge in [0.15, 0.2) is 0 Å². The molecule has 0 unspecified atom stereocenters. The molecule has 0 aliphatic rings. The van der Waals surface area contributed by atoms with Crippen molar-refractivity contribution in [3.8, 4) is 0 Å². The predicted octanol–water partition coefficient (Wildman–Crippen LogP) is 2.07. The first kappa shape index (κ1) is 7.99. The minimum absolute atomic E-state index is 0.644. The van der Waals surface area contributed by atoms with Crippen molar-refractivity contribution < 1.29 is 4.79 Å². The average Bonchev–Trinajstić information content (AvgIpc) is 1.99. The summed E-state index contributed by atoms with van der Waals surface area (Å²) in [5.41, 5.74) is 4.21. The molecule has 57 valence electrons. The van der Waals surface area contributed by atoms with Crippen LogP contribution in [0, 0.1) is 20.8 Å². The second-order valence-electron chi connectivity index (χ2n) is 2.84. The highest BCUT2D eigenvalue weighted by molar-refractivity contribution is 5.76. The molecule has 0 saturated carbocycles. The van der Waals surface area contributed by atoms with Crippen molar-refractivity contribution in [3.63, 3.8) is 0 Å². The minimum atomic E-state index is 0.644. The van der Waals surface area contributed by atoms with Gasteiger partial charge in [-0.1, -0.05) is 0 Å². The average molecular weight is 147 g/mol. The van der Waals surface area contributed by atoms with Gasteiger partial charge in [-0.25, -0.2) is 0 Å². The molecule has 1 aromatic rings. The lowest BCUT2D eigenvalue weighted by atomic mass is 10.0. The van der Waals surface area contributed by atoms with E-state index in [0.29, 0.717) is 5.56 Å². The minimum Gasteiger partial charge on any atom is -0.285 e. The van der Waals surface area contributed by atoms with Crippen LogP contribution in [0.25, 0.3) is 0 Å². The molecule has 0 aromatic heterocycles. The van der Waals surface area contributed by atoms with Crippen LogP contribution in [0.2, 0.25) is 0 Å². The maximum absolute atomic E-state index is 10.3. The smallest absolute Gasteiger partial charge is 0.233 e. The number of hydrogen-bond donors (Lipinski definition) is 0. The second kappa shape index (κ2) is 2.87. The SMILES string of the molecule is Cc1cc([C]=O)cc(C)c1C. The summed E-state index contributed by atoms with van der Waals surface area (Å²) in [4.78, 5) is 10.3. The van der Waals surface area contributed by atoms with Crippen molar-refractivity contribution in [1.29, 1.82) is 0 Å². The highest BCUT2D eigenvalue weighted by atomic mass is 16.1. The molecule has 11 heavy (non-hydrogen) atoms. The largest absolute Gasteiger partial charge is 0.285 e. The van der Waals surface area contributed by atoms with Crippen LogP contribution in [-0.4, -0.2) is 6.29 Å². The van der Waals surface area contributed by atoms with E-state index in [0.717, 1.165) is 11.1 Å². The molecule has 1 heteroatoms. The molecule has 0 heterocycles. The van der Waals surface area contributed by atoms with E-state index in [1.54, 1.807) is 0 Å². The van der Waals surface area contributed by atoms with Crippen molar-refractivity contribution in [2.24, 2.45) is 0 Å². The molecular weight excluding hydrogens is 136 g/mol. The van der Waals surface area contributed by atoms with E-state index in [1.807, 2.05) is 32.3 Å². The van der Waals surface area contributed by atoms with E-state index >= 15 is 0 Å². The molecule has 0 saturated heterocycles. The number of benzene rings is 1. The summed E-state index contributed by atoms with van der Waals surface area (Å²) in [5.74, 6) is 0. The number of aryl methyl sites for hydroxylation is 2. The van der Waals surface area contributed by atoms with Crippen LogP contribution >= 0.6 is 0 Å². The van der Waals surface area contributed by atoms with Crippen molar-refractivity contribution in [2.75, 3.05) is 0 Å². The lowest BCUT2D eigenvalue weighted by molar-refractivity contribution is 0.562. The summed E-state index contributed by atoms with van der Waals surface area (Å²) in [6.07, 6.45) is 1.89. The van der Waals surface area contributed by atoms with Gasteiger partial charge in [0, 0.05) is 5.56 Å². The molecule has 0 N–H and O–H groups in total. The highest BCUT2D eigenvalue weighted by Crippen LogP contribution is 2.13. The Hall–Kier alpha value is -1.11. The maximum atomic E-state index is 10.3. The fraction of sp³-hybridized carbons (Fsp3) is 0.300. The maximum Gasteiger partial charge on any atom is 0.233 e. The molecular formula is C10H11O. The van der Waals surface area contributed by atoms with Crippen LogP contribution in [0.3, 0.4) is 0 Å². The van der Waals surface area contributed by atoms with E-state index in [-0.39, 0.29) is 0 Å². The van der Waals surface area contributed by atoms with E-state index in [1.165, 1.54) is 5.56 Å². The van der Waals surface area contributed by atoms with Crippen LogP contribution in [0.5, 0.6) is 0 Å². The van der Waals surface area contributed by atoms with Gasteiger partial charge in [-0.15, -0.1) is 0 Å². The topological polar surface area (TPSA) is 17.1 Å². The molecule has 0 aliphatic carbocycles. The standard InChI is InChI=1S/C10H11O/c1-7-4-10(6-11)5-8(2)9(7)3/h4-5H,1-3H3. The first-order valence-corrected chi connectivity index (χ1v) is 3.61. The summed E-state index contributed by atoms with van der Waals surface area (Å²) in [6, 6.07) is 3.71. The molecule has 1 aromatic carbocycles. The molecule has 0 atom stereocenters. The Morgan fingerprint density at radius 1 is 1.09 bits per heavy atom. The zero-order chi connectivity index (χ0) is 8.43. The van der Waals surface area contributed by atoms with Crippen molar-refractivity contribution in [3.05, 3.63) is 34.4 Å². The molecule has 0 spiro atoms. The molecule has 1 rings (SSSR count). The normalized spacial score (nSPS) is 9.73. The van der Waals surface area contributed by atoms with Crippen LogP contribution < -0.4 is 0 Å². The molecule has 1 nitrogen and oxygen atoms in total. The van der Waals surface area contributed by atoms with Crippen LogP contribution in [0.15, 0.2) is 12.1 Å². The Labute approximate surface area is 67.1 Å². The Kier molecular flexibility index (Phi) is 2.08. The van der Waals surface area contributed by atoms with Gasteiger partial charge in [0.2, 0.25) is 6.29 Å². The quantitative estimate of drug-likeness (QED) is 0.594. The van der Waals surface area contributed by atoms with E-state index < -0.39 is 0 Å². The van der Waals surface area contributed by atoms with Gasteiger partial charge in [0.25, 0.3) is 0 Å². The summed E-state index contributed by atoms with van der Waals surface area (Å²) in [5, 5.41) is 0. The fourth-order valence-electron chi connectivity index (χ4n) is 1.09. The number of rotatable bonds is 1. The van der Waals surface area contributed by atoms with Crippen molar-refractivity contribution in [2.45, 2.75) is 20.8 Å². The van der Waals surface area contributed by atoms with Gasteiger partial charge < -0.3 is 0 Å². The Morgan fingerprint density at radius 2 is 1.55 bits per heavy atom. The van der Waals surface area contributed by atoms with Crippen molar-refractivity contribution >= 4 is 6.29 Å².